The van der Waals surface area contributed by atoms with E-state index in [-0.39, 0.29) is 16.3 Å². The van der Waals surface area contributed by atoms with E-state index in [0.717, 1.165) is 40.3 Å². The maximum atomic E-state index is 13.8. The largest absolute Gasteiger partial charge is 0.419 e. The first-order valence-corrected chi connectivity index (χ1v) is 9.18. The molecule has 0 radical (unpaired) electrons. The standard InChI is InChI=1S/C21H14F2N2O2S/c1-11-9-14-17(24)19(21(26)27-16-8-7-13(22)10-15(16)23)28-20(14)25-18(11)12-5-3-2-4-6-12/h2-10H,24H2,1H3. The summed E-state index contributed by atoms with van der Waals surface area (Å²) < 4.78 is 31.9. The van der Waals surface area contributed by atoms with Crippen molar-refractivity contribution < 1.29 is 18.3 Å². The van der Waals surface area contributed by atoms with Gasteiger partial charge in [-0.2, -0.15) is 0 Å². The minimum absolute atomic E-state index is 0.121. The van der Waals surface area contributed by atoms with Crippen molar-refractivity contribution in [2.75, 3.05) is 5.73 Å². The number of ether oxygens (including phenoxy) is 1. The smallest absolute Gasteiger partial charge is 0.356 e. The number of fused-ring (bicyclic) bond motifs is 1. The molecular weight excluding hydrogens is 382 g/mol. The number of aromatic nitrogens is 1. The van der Waals surface area contributed by atoms with Crippen LogP contribution in [0.25, 0.3) is 21.5 Å². The highest BCUT2D eigenvalue weighted by Crippen LogP contribution is 2.36. The Balaban J connectivity index is 1.74. The molecule has 0 aliphatic carbocycles. The number of anilines is 1. The third-order valence-corrected chi connectivity index (χ3v) is 5.34. The second kappa shape index (κ2) is 7.01. The van der Waals surface area contributed by atoms with E-state index in [1.54, 1.807) is 0 Å². The summed E-state index contributed by atoms with van der Waals surface area (Å²) in [7, 11) is 0. The number of carbonyl (C=O) groups is 1. The first-order valence-electron chi connectivity index (χ1n) is 8.36. The zero-order chi connectivity index (χ0) is 19.8. The Bertz CT molecular complexity index is 1210. The van der Waals surface area contributed by atoms with E-state index >= 15 is 0 Å². The van der Waals surface area contributed by atoms with Gasteiger partial charge < -0.3 is 10.5 Å². The molecule has 0 fully saturated rings. The van der Waals surface area contributed by atoms with Crippen molar-refractivity contribution in [3.8, 4) is 17.0 Å². The monoisotopic (exact) mass is 396 g/mol. The van der Waals surface area contributed by atoms with Gasteiger partial charge in [0.05, 0.1) is 11.4 Å². The second-order valence-corrected chi connectivity index (χ2v) is 7.18. The minimum atomic E-state index is -0.964. The van der Waals surface area contributed by atoms with E-state index in [1.807, 2.05) is 43.3 Å². The number of thiophene rings is 1. The molecule has 2 aromatic heterocycles. The summed E-state index contributed by atoms with van der Waals surface area (Å²) in [5.41, 5.74) is 9.00. The summed E-state index contributed by atoms with van der Waals surface area (Å²) >= 11 is 1.07. The van der Waals surface area contributed by atoms with Crippen LogP contribution in [0.5, 0.6) is 5.75 Å². The molecule has 2 aromatic carbocycles. The average molecular weight is 396 g/mol. The molecule has 0 saturated carbocycles. The van der Waals surface area contributed by atoms with Crippen LogP contribution in [0, 0.1) is 18.6 Å². The average Bonchev–Trinajstić information content (AvgIpc) is 3.00. The van der Waals surface area contributed by atoms with Crippen molar-refractivity contribution in [3.63, 3.8) is 0 Å². The number of halogens is 2. The number of hydrogen-bond acceptors (Lipinski definition) is 5. The molecule has 4 nitrogen and oxygen atoms in total. The van der Waals surface area contributed by atoms with Gasteiger partial charge in [0.15, 0.2) is 11.6 Å². The van der Waals surface area contributed by atoms with Crippen LogP contribution >= 0.6 is 11.3 Å². The number of nitrogens with two attached hydrogens (primary N) is 1. The number of aryl methyl sites for hydroxylation is 1. The van der Waals surface area contributed by atoms with Gasteiger partial charge in [-0.1, -0.05) is 30.3 Å². The number of carbonyl (C=O) groups excluding carboxylic acids is 1. The van der Waals surface area contributed by atoms with Crippen LogP contribution in [0.2, 0.25) is 0 Å². The van der Waals surface area contributed by atoms with Crippen LogP contribution in [0.3, 0.4) is 0 Å². The number of benzene rings is 2. The summed E-state index contributed by atoms with van der Waals surface area (Å²) in [6.45, 7) is 1.91. The topological polar surface area (TPSA) is 65.2 Å². The van der Waals surface area contributed by atoms with Gasteiger partial charge in [-0.3, -0.25) is 0 Å². The Morgan fingerprint density at radius 1 is 1.11 bits per heavy atom. The Morgan fingerprint density at radius 2 is 1.86 bits per heavy atom. The summed E-state index contributed by atoms with van der Waals surface area (Å²) in [4.78, 5) is 17.9. The molecule has 140 valence electrons. The highest BCUT2D eigenvalue weighted by atomic mass is 32.1. The zero-order valence-corrected chi connectivity index (χ0v) is 15.5. The van der Waals surface area contributed by atoms with Gasteiger partial charge in [-0.15, -0.1) is 11.3 Å². The van der Waals surface area contributed by atoms with Crippen LogP contribution in [0.4, 0.5) is 14.5 Å². The third-order valence-electron chi connectivity index (χ3n) is 4.24. The fourth-order valence-electron chi connectivity index (χ4n) is 2.89. The number of pyridine rings is 1. The first-order chi connectivity index (χ1) is 13.4. The van der Waals surface area contributed by atoms with Crippen LogP contribution < -0.4 is 10.5 Å². The third kappa shape index (κ3) is 3.20. The molecule has 4 aromatic rings. The highest BCUT2D eigenvalue weighted by Gasteiger charge is 2.21. The Hall–Kier alpha value is -3.32. The van der Waals surface area contributed by atoms with Gasteiger partial charge >= 0.3 is 5.97 Å². The number of hydrogen-bond donors (Lipinski definition) is 1. The molecule has 28 heavy (non-hydrogen) atoms. The lowest BCUT2D eigenvalue weighted by Gasteiger charge is -2.05. The fraction of sp³-hybridized carbons (Fsp3) is 0.0476. The Morgan fingerprint density at radius 3 is 2.57 bits per heavy atom. The van der Waals surface area contributed by atoms with Crippen molar-refractivity contribution in [2.45, 2.75) is 6.92 Å². The highest BCUT2D eigenvalue weighted by molar-refractivity contribution is 7.21. The van der Waals surface area contributed by atoms with Gasteiger partial charge in [-0.05, 0) is 30.7 Å². The lowest BCUT2D eigenvalue weighted by Crippen LogP contribution is -2.09. The Kier molecular flexibility index (Phi) is 4.52. The molecular formula is C21H14F2N2O2S. The van der Waals surface area contributed by atoms with Crippen molar-refractivity contribution in [3.05, 3.63) is 76.7 Å². The van der Waals surface area contributed by atoms with Gasteiger partial charge in [0.25, 0.3) is 0 Å². The van der Waals surface area contributed by atoms with Crippen LogP contribution in [0.1, 0.15) is 15.2 Å². The Labute approximate surface area is 163 Å². The van der Waals surface area contributed by atoms with E-state index in [9.17, 15) is 13.6 Å². The van der Waals surface area contributed by atoms with Gasteiger partial charge in [0, 0.05) is 17.0 Å². The zero-order valence-electron chi connectivity index (χ0n) is 14.7. The summed E-state index contributed by atoms with van der Waals surface area (Å²) in [5, 5.41) is 0.633. The first kappa shape index (κ1) is 18.1. The van der Waals surface area contributed by atoms with E-state index in [1.165, 1.54) is 0 Å². The molecule has 0 spiro atoms. The maximum absolute atomic E-state index is 13.8. The van der Waals surface area contributed by atoms with Gasteiger partial charge in [0.1, 0.15) is 15.5 Å². The molecule has 0 bridgehead atoms. The fourth-order valence-corrected chi connectivity index (χ4v) is 3.84. The van der Waals surface area contributed by atoms with Gasteiger partial charge in [0.2, 0.25) is 0 Å². The summed E-state index contributed by atoms with van der Waals surface area (Å²) in [6.07, 6.45) is 0. The van der Waals surface area contributed by atoms with Crippen molar-refractivity contribution in [1.29, 1.82) is 0 Å². The molecule has 7 heteroatoms. The summed E-state index contributed by atoms with van der Waals surface area (Å²) in [5.74, 6) is -2.90. The van der Waals surface area contributed by atoms with Gasteiger partial charge in [-0.25, -0.2) is 18.6 Å². The van der Waals surface area contributed by atoms with E-state index in [0.29, 0.717) is 16.3 Å². The number of rotatable bonds is 3. The molecule has 0 atom stereocenters. The van der Waals surface area contributed by atoms with Crippen molar-refractivity contribution >= 4 is 33.2 Å². The molecule has 2 N–H and O–H groups in total. The molecule has 0 aliphatic rings. The second-order valence-electron chi connectivity index (χ2n) is 6.18. The maximum Gasteiger partial charge on any atom is 0.356 e. The van der Waals surface area contributed by atoms with Crippen molar-refractivity contribution in [2.24, 2.45) is 0 Å². The van der Waals surface area contributed by atoms with Crippen LogP contribution in [0.15, 0.2) is 54.6 Å². The lowest BCUT2D eigenvalue weighted by molar-refractivity contribution is 0.0733. The molecule has 0 aliphatic heterocycles. The normalized spacial score (nSPS) is 11.0. The number of nitrogen functional groups attached to an aromatic ring is 1. The minimum Gasteiger partial charge on any atom is -0.419 e. The number of esters is 1. The molecule has 4 rings (SSSR count). The van der Waals surface area contributed by atoms with Crippen molar-refractivity contribution in [1.82, 2.24) is 4.98 Å². The summed E-state index contributed by atoms with van der Waals surface area (Å²) in [6, 6.07) is 14.2. The SMILES string of the molecule is Cc1cc2c(N)c(C(=O)Oc3ccc(F)cc3F)sc2nc1-c1ccccc1. The molecule has 0 amide bonds. The van der Waals surface area contributed by atoms with Crippen LogP contribution in [-0.2, 0) is 0 Å². The van der Waals surface area contributed by atoms with E-state index < -0.39 is 17.6 Å². The molecule has 2 heterocycles. The molecule has 0 unspecified atom stereocenters. The molecule has 0 saturated heterocycles. The quantitative estimate of drug-likeness (QED) is 0.374. The lowest BCUT2D eigenvalue weighted by atomic mass is 10.1. The number of nitrogens with zero attached hydrogens (tertiary/aromatic N) is 1. The van der Waals surface area contributed by atoms with Crippen LogP contribution in [-0.4, -0.2) is 11.0 Å². The van der Waals surface area contributed by atoms with E-state index in [4.69, 9.17) is 10.5 Å². The predicted molar refractivity (Wildman–Crippen MR) is 106 cm³/mol. The predicted octanol–water partition coefficient (Wildman–Crippen LogP) is 5.35. The van der Waals surface area contributed by atoms with E-state index in [2.05, 4.69) is 4.98 Å².